The monoisotopic (exact) mass is 401 g/mol. The Morgan fingerprint density at radius 1 is 0.929 bits per heavy atom. The highest BCUT2D eigenvalue weighted by Crippen LogP contribution is 2.58. The Hall–Kier alpha value is -2.06. The Bertz CT molecular complexity index is 831. The zero-order valence-electron chi connectivity index (χ0n) is 14.6. The molecular weight excluding hydrogens is 384 g/mol. The molecule has 2 aromatic rings. The summed E-state index contributed by atoms with van der Waals surface area (Å²) < 4.78 is 84.1. The van der Waals surface area contributed by atoms with Gasteiger partial charge in [-0.2, -0.15) is 26.3 Å². The molecule has 2 nitrogen and oxygen atoms in total. The summed E-state index contributed by atoms with van der Waals surface area (Å²) >= 11 is 0. The van der Waals surface area contributed by atoms with E-state index in [9.17, 15) is 26.3 Å². The Labute approximate surface area is 157 Å². The highest BCUT2D eigenvalue weighted by atomic mass is 19.4. The summed E-state index contributed by atoms with van der Waals surface area (Å²) in [6.45, 7) is 0.393. The second-order valence-electron chi connectivity index (χ2n) is 7.31. The zero-order valence-corrected chi connectivity index (χ0v) is 14.6. The molecule has 1 heterocycles. The molecule has 3 atom stereocenters. The van der Waals surface area contributed by atoms with Crippen molar-refractivity contribution in [2.24, 2.45) is 5.92 Å². The molecule has 4 rings (SSSR count). The number of benzene rings is 2. The highest BCUT2D eigenvalue weighted by molar-refractivity contribution is 5.34. The lowest BCUT2D eigenvalue weighted by Crippen LogP contribution is -2.29. The number of hydrogen-bond acceptors (Lipinski definition) is 2. The van der Waals surface area contributed by atoms with Gasteiger partial charge in [0.25, 0.3) is 0 Å². The number of halogens is 6. The van der Waals surface area contributed by atoms with Gasteiger partial charge in [-0.3, -0.25) is 0 Å². The Kier molecular flexibility index (Phi) is 4.46. The summed E-state index contributed by atoms with van der Waals surface area (Å²) in [7, 11) is 0. The smallest absolute Gasteiger partial charge is 0.368 e. The highest BCUT2D eigenvalue weighted by Gasteiger charge is 2.64. The van der Waals surface area contributed by atoms with Gasteiger partial charge < -0.3 is 10.1 Å². The molecule has 2 aromatic carbocycles. The fourth-order valence-corrected chi connectivity index (χ4v) is 3.98. The van der Waals surface area contributed by atoms with Crippen molar-refractivity contribution in [2.45, 2.75) is 37.0 Å². The van der Waals surface area contributed by atoms with Crippen LogP contribution in [0.4, 0.5) is 26.3 Å². The van der Waals surface area contributed by atoms with Crippen LogP contribution in [0.2, 0.25) is 0 Å². The first-order valence-electron chi connectivity index (χ1n) is 8.80. The van der Waals surface area contributed by atoms with Crippen LogP contribution in [0.5, 0.6) is 0 Å². The average molecular weight is 401 g/mol. The van der Waals surface area contributed by atoms with Gasteiger partial charge in [0.1, 0.15) is 0 Å². The Morgan fingerprint density at radius 2 is 1.54 bits per heavy atom. The number of ether oxygens (including phenoxy) is 1. The zero-order chi connectivity index (χ0) is 20.2. The summed E-state index contributed by atoms with van der Waals surface area (Å²) in [5.74, 6) is 0.200. The maximum Gasteiger partial charge on any atom is 0.416 e. The number of rotatable bonds is 4. The Balaban J connectivity index is 1.58. The molecule has 1 N–H and O–H groups in total. The topological polar surface area (TPSA) is 21.3 Å². The standard InChI is InChI=1S/C20H17F6NO/c21-19(22,23)14-6-12(7-15(8-14)20(24,25)26)11-28-18-9-16(18)10-27-17(18)13-4-2-1-3-5-13/h1-8,16-17,27H,9-11H2/t16-,17+,18-/m1/s1. The predicted molar refractivity (Wildman–Crippen MR) is 89.3 cm³/mol. The number of alkyl halides is 6. The fraction of sp³-hybridized carbons (Fsp3) is 0.400. The van der Waals surface area contributed by atoms with Gasteiger partial charge in [0.05, 0.1) is 29.4 Å². The van der Waals surface area contributed by atoms with Crippen molar-refractivity contribution >= 4 is 0 Å². The summed E-state index contributed by atoms with van der Waals surface area (Å²) in [6, 6.07) is 10.9. The van der Waals surface area contributed by atoms with Gasteiger partial charge in [0.2, 0.25) is 0 Å². The molecule has 0 aromatic heterocycles. The molecule has 0 bridgehead atoms. The van der Waals surface area contributed by atoms with Crippen LogP contribution >= 0.6 is 0 Å². The minimum absolute atomic E-state index is 0.131. The van der Waals surface area contributed by atoms with E-state index < -0.39 is 29.1 Å². The number of fused-ring (bicyclic) bond motifs is 1. The van der Waals surface area contributed by atoms with Crippen molar-refractivity contribution in [1.82, 2.24) is 5.32 Å². The number of piperidine rings is 1. The molecule has 1 saturated carbocycles. The van der Waals surface area contributed by atoms with Gasteiger partial charge in [-0.15, -0.1) is 0 Å². The quantitative estimate of drug-likeness (QED) is 0.698. The molecule has 1 aliphatic heterocycles. The van der Waals surface area contributed by atoms with Gasteiger partial charge in [0.15, 0.2) is 0 Å². The van der Waals surface area contributed by atoms with E-state index >= 15 is 0 Å². The third kappa shape index (κ3) is 3.51. The van der Waals surface area contributed by atoms with E-state index in [2.05, 4.69) is 5.32 Å². The lowest BCUT2D eigenvalue weighted by Gasteiger charge is -2.25. The van der Waals surface area contributed by atoms with Gasteiger partial charge >= 0.3 is 12.4 Å². The molecule has 2 aliphatic rings. The molecule has 0 spiro atoms. The van der Waals surface area contributed by atoms with E-state index in [-0.39, 0.29) is 30.2 Å². The minimum Gasteiger partial charge on any atom is -0.368 e. The summed E-state index contributed by atoms with van der Waals surface area (Å²) in [4.78, 5) is 0. The predicted octanol–water partition coefficient (Wildman–Crippen LogP) is 5.34. The van der Waals surface area contributed by atoms with Crippen molar-refractivity contribution in [1.29, 1.82) is 0 Å². The van der Waals surface area contributed by atoms with Crippen molar-refractivity contribution in [3.63, 3.8) is 0 Å². The lowest BCUT2D eigenvalue weighted by atomic mass is 10.0. The first-order chi connectivity index (χ1) is 13.1. The molecule has 0 radical (unpaired) electrons. The maximum atomic E-state index is 13.0. The van der Waals surface area contributed by atoms with Crippen LogP contribution in [0, 0.1) is 5.92 Å². The third-order valence-corrected chi connectivity index (χ3v) is 5.44. The largest absolute Gasteiger partial charge is 0.416 e. The van der Waals surface area contributed by atoms with Crippen LogP contribution in [-0.4, -0.2) is 12.1 Å². The van der Waals surface area contributed by atoms with E-state index in [1.807, 2.05) is 30.3 Å². The summed E-state index contributed by atoms with van der Waals surface area (Å²) in [6.07, 6.45) is -9.00. The van der Waals surface area contributed by atoms with E-state index in [4.69, 9.17) is 4.74 Å². The molecule has 1 saturated heterocycles. The van der Waals surface area contributed by atoms with E-state index in [1.54, 1.807) is 0 Å². The molecule has 1 aliphatic carbocycles. The molecule has 150 valence electrons. The Morgan fingerprint density at radius 3 is 2.07 bits per heavy atom. The normalized spacial score (nSPS) is 26.9. The van der Waals surface area contributed by atoms with Crippen LogP contribution in [0.3, 0.4) is 0 Å². The van der Waals surface area contributed by atoms with Gasteiger partial charge in [-0.1, -0.05) is 30.3 Å². The third-order valence-electron chi connectivity index (χ3n) is 5.44. The van der Waals surface area contributed by atoms with Crippen molar-refractivity contribution < 1.29 is 31.1 Å². The van der Waals surface area contributed by atoms with Crippen LogP contribution in [-0.2, 0) is 23.7 Å². The minimum atomic E-state index is -4.86. The van der Waals surface area contributed by atoms with Crippen LogP contribution in [0.1, 0.15) is 34.7 Å². The van der Waals surface area contributed by atoms with Crippen LogP contribution in [0.25, 0.3) is 0 Å². The first kappa shape index (κ1) is 19.3. The fourth-order valence-electron chi connectivity index (χ4n) is 3.98. The van der Waals surface area contributed by atoms with E-state index in [1.165, 1.54) is 0 Å². The van der Waals surface area contributed by atoms with Gasteiger partial charge in [-0.05, 0) is 35.7 Å². The van der Waals surface area contributed by atoms with E-state index in [0.717, 1.165) is 24.1 Å². The summed E-state index contributed by atoms with van der Waals surface area (Å²) in [5.41, 5.74) is -2.39. The number of hydrogen-bond donors (Lipinski definition) is 1. The van der Waals surface area contributed by atoms with Crippen molar-refractivity contribution in [2.75, 3.05) is 6.54 Å². The first-order valence-corrected chi connectivity index (χ1v) is 8.80. The lowest BCUT2D eigenvalue weighted by molar-refractivity contribution is -0.143. The molecule has 0 amide bonds. The average Bonchev–Trinajstić information content (AvgIpc) is 3.23. The second kappa shape index (κ2) is 6.49. The van der Waals surface area contributed by atoms with Crippen molar-refractivity contribution in [3.8, 4) is 0 Å². The molecule has 28 heavy (non-hydrogen) atoms. The molecular formula is C20H17F6NO. The molecule has 8 heteroatoms. The summed E-state index contributed by atoms with van der Waals surface area (Å²) in [5, 5.41) is 3.34. The SMILES string of the molecule is FC(F)(F)c1cc(CO[C@]23C[C@@H]2CN[C@H]3c2ccccc2)cc(C(F)(F)F)c1. The maximum absolute atomic E-state index is 13.0. The second-order valence-corrected chi connectivity index (χ2v) is 7.31. The molecule has 0 unspecified atom stereocenters. The number of nitrogens with one attached hydrogen (secondary N) is 1. The van der Waals surface area contributed by atoms with Crippen molar-refractivity contribution in [3.05, 3.63) is 70.8 Å². The molecule has 2 fully saturated rings. The van der Waals surface area contributed by atoms with E-state index in [0.29, 0.717) is 6.54 Å². The van der Waals surface area contributed by atoms with Crippen LogP contribution in [0.15, 0.2) is 48.5 Å². The van der Waals surface area contributed by atoms with Crippen LogP contribution < -0.4 is 5.32 Å². The van der Waals surface area contributed by atoms with Gasteiger partial charge in [-0.25, -0.2) is 0 Å². The van der Waals surface area contributed by atoms with Gasteiger partial charge in [0, 0.05) is 12.5 Å².